The number of rotatable bonds is 7. The third-order valence-corrected chi connectivity index (χ3v) is 5.59. The maximum absolute atomic E-state index is 12.5. The fourth-order valence-electron chi connectivity index (χ4n) is 2.42. The standard InChI is InChI=1S/C20H21N3O5S/c1-4-16-7-8-17(27-16)9-12-19(24)21-15-5-10-18(11-6-15)29(25,26)23-20-13(2)14(3)22-28-20/h5-12,23H,4H2,1-3H3,(H,21,24)/b12-9+. The molecular weight excluding hydrogens is 394 g/mol. The average Bonchev–Trinajstić information content (AvgIpc) is 3.28. The Hall–Kier alpha value is -3.33. The first-order chi connectivity index (χ1) is 13.8. The molecule has 0 saturated heterocycles. The molecule has 2 N–H and O–H groups in total. The first-order valence-electron chi connectivity index (χ1n) is 8.92. The Morgan fingerprint density at radius 1 is 1.14 bits per heavy atom. The average molecular weight is 415 g/mol. The molecule has 1 amide bonds. The molecule has 1 aromatic carbocycles. The molecule has 3 rings (SSSR count). The second-order valence-corrected chi connectivity index (χ2v) is 8.01. The largest absolute Gasteiger partial charge is 0.462 e. The number of nitrogens with zero attached hydrogens (tertiary/aromatic N) is 1. The SMILES string of the molecule is CCc1ccc(/C=C/C(=O)Nc2ccc(S(=O)(=O)Nc3onc(C)c3C)cc2)o1. The van der Waals surface area contributed by atoms with Gasteiger partial charge in [0.2, 0.25) is 11.8 Å². The molecule has 0 spiro atoms. The molecule has 0 radical (unpaired) electrons. The Balaban J connectivity index is 1.64. The number of aryl methyl sites for hydroxylation is 2. The van der Waals surface area contributed by atoms with E-state index in [-0.39, 0.29) is 16.7 Å². The molecule has 8 nitrogen and oxygen atoms in total. The van der Waals surface area contributed by atoms with E-state index in [0.717, 1.165) is 12.2 Å². The van der Waals surface area contributed by atoms with E-state index in [2.05, 4.69) is 15.2 Å². The maximum Gasteiger partial charge on any atom is 0.264 e. The van der Waals surface area contributed by atoms with Crippen LogP contribution in [0.2, 0.25) is 0 Å². The molecule has 29 heavy (non-hydrogen) atoms. The van der Waals surface area contributed by atoms with E-state index in [9.17, 15) is 13.2 Å². The molecule has 0 fully saturated rings. The van der Waals surface area contributed by atoms with E-state index in [1.54, 1.807) is 26.0 Å². The fraction of sp³-hybridized carbons (Fsp3) is 0.200. The predicted molar refractivity (Wildman–Crippen MR) is 109 cm³/mol. The number of hydrogen-bond acceptors (Lipinski definition) is 6. The van der Waals surface area contributed by atoms with Crippen LogP contribution in [-0.2, 0) is 21.2 Å². The number of anilines is 2. The van der Waals surface area contributed by atoms with Gasteiger partial charge in [-0.1, -0.05) is 12.1 Å². The van der Waals surface area contributed by atoms with E-state index < -0.39 is 10.0 Å². The van der Waals surface area contributed by atoms with Crippen molar-refractivity contribution in [3.8, 4) is 0 Å². The van der Waals surface area contributed by atoms with E-state index in [1.165, 1.54) is 30.3 Å². The second kappa shape index (κ2) is 8.36. The van der Waals surface area contributed by atoms with Gasteiger partial charge in [-0.2, -0.15) is 0 Å². The van der Waals surface area contributed by atoms with Crippen molar-refractivity contribution in [2.24, 2.45) is 0 Å². The topological polar surface area (TPSA) is 114 Å². The molecule has 0 unspecified atom stereocenters. The van der Waals surface area contributed by atoms with Gasteiger partial charge in [-0.05, 0) is 56.3 Å². The van der Waals surface area contributed by atoms with E-state index >= 15 is 0 Å². The Bertz CT molecular complexity index is 1140. The molecule has 3 aromatic rings. The molecule has 0 aliphatic rings. The zero-order valence-electron chi connectivity index (χ0n) is 16.2. The predicted octanol–water partition coefficient (Wildman–Crippen LogP) is 3.90. The monoisotopic (exact) mass is 415 g/mol. The zero-order valence-corrected chi connectivity index (χ0v) is 17.0. The molecule has 0 atom stereocenters. The fourth-order valence-corrected chi connectivity index (χ4v) is 3.47. The summed E-state index contributed by atoms with van der Waals surface area (Å²) in [5.41, 5.74) is 1.68. The van der Waals surface area contributed by atoms with Crippen LogP contribution in [0.5, 0.6) is 0 Å². The lowest BCUT2D eigenvalue weighted by atomic mass is 10.3. The van der Waals surface area contributed by atoms with Crippen molar-refractivity contribution in [2.45, 2.75) is 32.1 Å². The van der Waals surface area contributed by atoms with Gasteiger partial charge >= 0.3 is 0 Å². The van der Waals surface area contributed by atoms with Gasteiger partial charge < -0.3 is 14.3 Å². The van der Waals surface area contributed by atoms with Crippen LogP contribution in [0.3, 0.4) is 0 Å². The van der Waals surface area contributed by atoms with Crippen LogP contribution in [0.4, 0.5) is 11.6 Å². The number of sulfonamides is 1. The van der Waals surface area contributed by atoms with E-state index in [4.69, 9.17) is 8.94 Å². The van der Waals surface area contributed by atoms with Gasteiger partial charge in [-0.25, -0.2) is 13.1 Å². The highest BCUT2D eigenvalue weighted by atomic mass is 32.2. The number of hydrogen-bond donors (Lipinski definition) is 2. The number of benzene rings is 1. The van der Waals surface area contributed by atoms with Crippen molar-refractivity contribution in [1.82, 2.24) is 5.16 Å². The normalized spacial score (nSPS) is 11.7. The Kier molecular flexibility index (Phi) is 5.88. The number of nitrogens with one attached hydrogen (secondary N) is 2. The summed E-state index contributed by atoms with van der Waals surface area (Å²) in [6.07, 6.45) is 3.69. The van der Waals surface area contributed by atoms with Crippen molar-refractivity contribution < 1.29 is 22.2 Å². The van der Waals surface area contributed by atoms with E-state index in [0.29, 0.717) is 22.7 Å². The smallest absolute Gasteiger partial charge is 0.264 e. The third kappa shape index (κ3) is 4.94. The molecule has 2 aromatic heterocycles. The van der Waals surface area contributed by atoms with Gasteiger partial charge in [0.1, 0.15) is 11.5 Å². The van der Waals surface area contributed by atoms with Crippen LogP contribution in [0.15, 0.2) is 56.3 Å². The minimum Gasteiger partial charge on any atom is -0.462 e. The van der Waals surface area contributed by atoms with Crippen LogP contribution in [0.1, 0.15) is 29.7 Å². The number of carbonyl (C=O) groups is 1. The summed E-state index contributed by atoms with van der Waals surface area (Å²) in [6, 6.07) is 9.42. The van der Waals surface area contributed by atoms with Crippen LogP contribution in [0, 0.1) is 13.8 Å². The highest BCUT2D eigenvalue weighted by molar-refractivity contribution is 7.92. The molecule has 9 heteroatoms. The Morgan fingerprint density at radius 3 is 2.45 bits per heavy atom. The summed E-state index contributed by atoms with van der Waals surface area (Å²) in [5.74, 6) is 1.14. The molecule has 0 saturated carbocycles. The lowest BCUT2D eigenvalue weighted by Gasteiger charge is -2.07. The number of furan rings is 1. The number of aromatic nitrogens is 1. The van der Waals surface area contributed by atoms with Crippen LogP contribution >= 0.6 is 0 Å². The molecular formula is C20H21N3O5S. The summed E-state index contributed by atoms with van der Waals surface area (Å²) in [6.45, 7) is 5.41. The summed E-state index contributed by atoms with van der Waals surface area (Å²) in [7, 11) is -3.84. The summed E-state index contributed by atoms with van der Waals surface area (Å²) >= 11 is 0. The highest BCUT2D eigenvalue weighted by Crippen LogP contribution is 2.22. The van der Waals surface area contributed by atoms with Crippen molar-refractivity contribution in [3.63, 3.8) is 0 Å². The number of carbonyl (C=O) groups excluding carboxylic acids is 1. The lowest BCUT2D eigenvalue weighted by molar-refractivity contribution is -0.111. The minimum atomic E-state index is -3.84. The molecule has 0 bridgehead atoms. The molecule has 0 aliphatic heterocycles. The van der Waals surface area contributed by atoms with Crippen molar-refractivity contribution >= 4 is 33.6 Å². The second-order valence-electron chi connectivity index (χ2n) is 6.33. The van der Waals surface area contributed by atoms with Crippen LogP contribution < -0.4 is 10.0 Å². The minimum absolute atomic E-state index is 0.0298. The van der Waals surface area contributed by atoms with E-state index in [1.807, 2.05) is 13.0 Å². The van der Waals surface area contributed by atoms with Crippen LogP contribution in [-0.4, -0.2) is 19.5 Å². The first-order valence-corrected chi connectivity index (χ1v) is 10.4. The first kappa shape index (κ1) is 20.4. The molecule has 0 aliphatic carbocycles. The van der Waals surface area contributed by atoms with Crippen molar-refractivity contribution in [3.05, 3.63) is 65.3 Å². The lowest BCUT2D eigenvalue weighted by Crippen LogP contribution is -2.13. The van der Waals surface area contributed by atoms with Gasteiger partial charge in [0.15, 0.2) is 0 Å². The Morgan fingerprint density at radius 2 is 1.86 bits per heavy atom. The Labute approximate surface area is 168 Å². The quantitative estimate of drug-likeness (QED) is 0.566. The summed E-state index contributed by atoms with van der Waals surface area (Å²) in [5, 5.41) is 6.39. The summed E-state index contributed by atoms with van der Waals surface area (Å²) in [4.78, 5) is 12.1. The third-order valence-electron chi connectivity index (χ3n) is 4.25. The van der Waals surface area contributed by atoms with Gasteiger partial charge in [-0.3, -0.25) is 4.79 Å². The van der Waals surface area contributed by atoms with Gasteiger partial charge in [-0.15, -0.1) is 0 Å². The van der Waals surface area contributed by atoms with Crippen molar-refractivity contribution in [1.29, 1.82) is 0 Å². The highest BCUT2D eigenvalue weighted by Gasteiger charge is 2.19. The number of amides is 1. The van der Waals surface area contributed by atoms with Crippen LogP contribution in [0.25, 0.3) is 6.08 Å². The van der Waals surface area contributed by atoms with Crippen molar-refractivity contribution in [2.75, 3.05) is 10.0 Å². The molecule has 152 valence electrons. The van der Waals surface area contributed by atoms with Gasteiger partial charge in [0, 0.05) is 23.7 Å². The molecule has 2 heterocycles. The van der Waals surface area contributed by atoms with Gasteiger partial charge in [0.25, 0.3) is 10.0 Å². The maximum atomic E-state index is 12.5. The van der Waals surface area contributed by atoms with Gasteiger partial charge in [0.05, 0.1) is 10.6 Å². The zero-order chi connectivity index (χ0) is 21.0. The summed E-state index contributed by atoms with van der Waals surface area (Å²) < 4.78 is 37.8.